The Morgan fingerprint density at radius 1 is 0.722 bits per heavy atom. The molecule has 0 aromatic heterocycles. The molecule has 0 heterocycles. The summed E-state index contributed by atoms with van der Waals surface area (Å²) >= 11 is 0. The van der Waals surface area contributed by atoms with Gasteiger partial charge in [-0.3, -0.25) is 0 Å². The Morgan fingerprint density at radius 2 is 1.06 bits per heavy atom. The van der Waals surface area contributed by atoms with Crippen LogP contribution >= 0.6 is 0 Å². The van der Waals surface area contributed by atoms with E-state index in [1.807, 2.05) is 81.4 Å². The van der Waals surface area contributed by atoms with E-state index in [-0.39, 0.29) is 5.04 Å². The van der Waals surface area contributed by atoms with Gasteiger partial charge in [0.2, 0.25) is 0 Å². The molecule has 94 valence electrons. The van der Waals surface area contributed by atoms with Gasteiger partial charge in [0.1, 0.15) is 0 Å². The summed E-state index contributed by atoms with van der Waals surface area (Å²) in [5, 5.41) is 1.34. The van der Waals surface area contributed by atoms with Crippen molar-refractivity contribution < 1.29 is 4.11 Å². The fourth-order valence-corrected chi connectivity index (χ4v) is 5.74. The van der Waals surface area contributed by atoms with E-state index in [1.54, 1.807) is 0 Å². The van der Waals surface area contributed by atoms with E-state index in [0.29, 0.717) is 0 Å². The largest absolute Gasteiger partial charge is 0.313 e. The molecule has 0 bridgehead atoms. The fraction of sp³-hybridized carbons (Fsp3) is 0.250. The van der Waals surface area contributed by atoms with Gasteiger partial charge in [0, 0.05) is 0 Å². The lowest BCUT2D eigenvalue weighted by atomic mass is 10.2. The van der Waals surface area contributed by atoms with Crippen molar-refractivity contribution in [2.24, 2.45) is 0 Å². The highest BCUT2D eigenvalue weighted by atomic mass is 28.4. The van der Waals surface area contributed by atoms with Crippen molar-refractivity contribution in [3.05, 3.63) is 60.7 Å². The third kappa shape index (κ3) is 2.13. The van der Waals surface area contributed by atoms with Gasteiger partial charge in [0.25, 0.3) is 0 Å². The Balaban J connectivity index is 2.63. The second-order valence-electron chi connectivity index (χ2n) is 5.64. The average Bonchev–Trinajstić information content (AvgIpc) is 2.38. The van der Waals surface area contributed by atoms with E-state index in [9.17, 15) is 0 Å². The molecule has 0 aliphatic heterocycles. The quantitative estimate of drug-likeness (QED) is 0.570. The monoisotopic (exact) mass is 257 g/mol. The molecule has 0 saturated heterocycles. The number of rotatable bonds is 2. The maximum Gasteiger partial charge on any atom is 0.313 e. The van der Waals surface area contributed by atoms with Crippen LogP contribution in [0.4, 0.5) is 4.11 Å². The third-order valence-corrected chi connectivity index (χ3v) is 7.70. The molecule has 0 aliphatic rings. The van der Waals surface area contributed by atoms with E-state index in [1.165, 1.54) is 0 Å². The SMILES string of the molecule is CC(C)(C)[Si]([18F])(c1ccccc1)c1ccccc1. The van der Waals surface area contributed by atoms with Crippen LogP contribution in [0.5, 0.6) is 0 Å². The van der Waals surface area contributed by atoms with Crippen molar-refractivity contribution in [1.29, 1.82) is 0 Å². The van der Waals surface area contributed by atoms with Gasteiger partial charge in [-0.1, -0.05) is 81.4 Å². The van der Waals surface area contributed by atoms with Crippen LogP contribution in [0.1, 0.15) is 20.8 Å². The Bertz CT molecular complexity index is 460. The number of benzene rings is 2. The summed E-state index contributed by atoms with van der Waals surface area (Å²) in [5.74, 6) is 0. The molecule has 0 fully saturated rings. The van der Waals surface area contributed by atoms with Crippen molar-refractivity contribution in [2.45, 2.75) is 25.8 Å². The third-order valence-electron chi connectivity index (χ3n) is 3.38. The maximum absolute atomic E-state index is 15.9. The van der Waals surface area contributed by atoms with Gasteiger partial charge in [-0.2, -0.15) is 0 Å². The molecule has 0 nitrogen and oxygen atoms in total. The van der Waals surface area contributed by atoms with Crippen LogP contribution in [0.2, 0.25) is 5.04 Å². The molecule has 0 saturated carbocycles. The fourth-order valence-electron chi connectivity index (χ4n) is 2.37. The summed E-state index contributed by atoms with van der Waals surface area (Å²) in [5.41, 5.74) is 0. The summed E-state index contributed by atoms with van der Waals surface area (Å²) in [7, 11) is -3.20. The van der Waals surface area contributed by atoms with E-state index in [0.717, 1.165) is 10.4 Å². The zero-order valence-corrected chi connectivity index (χ0v) is 12.2. The minimum absolute atomic E-state index is 0.365. The van der Waals surface area contributed by atoms with Crippen LogP contribution in [0.3, 0.4) is 0 Å². The number of halogens is 1. The predicted octanol–water partition coefficient (Wildman–Crippen LogP) is 3.52. The molecular formula is C16H19FSi. The van der Waals surface area contributed by atoms with Gasteiger partial charge >= 0.3 is 8.41 Å². The minimum atomic E-state index is -3.20. The predicted molar refractivity (Wildman–Crippen MR) is 78.7 cm³/mol. The summed E-state index contributed by atoms with van der Waals surface area (Å²) in [6.45, 7) is 6.00. The normalized spacial score (nSPS) is 12.4. The molecule has 18 heavy (non-hydrogen) atoms. The zero-order valence-electron chi connectivity index (χ0n) is 11.2. The first-order valence-electron chi connectivity index (χ1n) is 6.26. The Morgan fingerprint density at radius 3 is 1.33 bits per heavy atom. The van der Waals surface area contributed by atoms with Crippen molar-refractivity contribution in [1.82, 2.24) is 0 Å². The second-order valence-corrected chi connectivity index (χ2v) is 9.61. The van der Waals surface area contributed by atoms with Crippen molar-refractivity contribution in [3.8, 4) is 0 Å². The topological polar surface area (TPSA) is 0 Å². The Labute approximate surface area is 110 Å². The summed E-state index contributed by atoms with van der Waals surface area (Å²) in [6.07, 6.45) is 0. The Kier molecular flexibility index (Phi) is 3.40. The lowest BCUT2D eigenvalue weighted by Gasteiger charge is -2.35. The van der Waals surface area contributed by atoms with Crippen LogP contribution < -0.4 is 10.4 Å². The molecule has 2 rings (SSSR count). The smallest absolute Gasteiger partial charge is 0.301 e. The molecule has 0 amide bonds. The zero-order chi connectivity index (χ0) is 13.2. The van der Waals surface area contributed by atoms with Crippen LogP contribution in [0, 0.1) is 0 Å². The van der Waals surface area contributed by atoms with E-state index >= 15 is 4.11 Å². The molecule has 0 aliphatic carbocycles. The van der Waals surface area contributed by atoms with Gasteiger partial charge in [-0.15, -0.1) is 0 Å². The van der Waals surface area contributed by atoms with Gasteiger partial charge in [-0.25, -0.2) is 0 Å². The molecule has 0 unspecified atom stereocenters. The molecule has 0 N–H and O–H groups in total. The van der Waals surface area contributed by atoms with E-state index in [4.69, 9.17) is 0 Å². The van der Waals surface area contributed by atoms with Gasteiger partial charge < -0.3 is 4.11 Å². The summed E-state index contributed by atoms with van der Waals surface area (Å²) in [4.78, 5) is 0. The number of hydrogen-bond donors (Lipinski definition) is 0. The second kappa shape index (κ2) is 4.69. The summed E-state index contributed by atoms with van der Waals surface area (Å²) in [6, 6.07) is 19.2. The van der Waals surface area contributed by atoms with E-state index in [2.05, 4.69) is 0 Å². The molecule has 0 atom stereocenters. The number of hydrogen-bond acceptors (Lipinski definition) is 0. The summed E-state index contributed by atoms with van der Waals surface area (Å²) < 4.78 is 15.9. The lowest BCUT2D eigenvalue weighted by Crippen LogP contribution is -2.60. The molecule has 0 spiro atoms. The molecular weight excluding hydrogens is 238 g/mol. The highest BCUT2D eigenvalue weighted by molar-refractivity contribution is 6.99. The molecule has 2 heteroatoms. The first-order valence-corrected chi connectivity index (χ1v) is 8.14. The van der Waals surface area contributed by atoms with Gasteiger partial charge in [0.05, 0.1) is 0 Å². The van der Waals surface area contributed by atoms with E-state index < -0.39 is 8.41 Å². The first kappa shape index (κ1) is 13.0. The average molecular weight is 257 g/mol. The van der Waals surface area contributed by atoms with Crippen LogP contribution in [0.15, 0.2) is 60.7 Å². The van der Waals surface area contributed by atoms with Crippen LogP contribution in [-0.4, -0.2) is 8.41 Å². The van der Waals surface area contributed by atoms with Gasteiger partial charge in [0.15, 0.2) is 0 Å². The van der Waals surface area contributed by atoms with Crippen molar-refractivity contribution >= 4 is 18.8 Å². The minimum Gasteiger partial charge on any atom is -0.301 e. The van der Waals surface area contributed by atoms with Crippen molar-refractivity contribution in [3.63, 3.8) is 0 Å². The van der Waals surface area contributed by atoms with Crippen LogP contribution in [0.25, 0.3) is 0 Å². The standard InChI is InChI=1S/C16H19FSi/c1-16(2,3)18(17,14-10-6-4-7-11-14)15-12-8-5-9-13-15/h4-13H,1-3H3/i17-1. The highest BCUT2D eigenvalue weighted by Crippen LogP contribution is 2.36. The van der Waals surface area contributed by atoms with Crippen LogP contribution in [-0.2, 0) is 0 Å². The lowest BCUT2D eigenvalue weighted by molar-refractivity contribution is 0.642. The molecule has 2 aromatic carbocycles. The highest BCUT2D eigenvalue weighted by Gasteiger charge is 2.49. The molecule has 0 radical (unpaired) electrons. The Hall–Kier alpha value is -1.41. The van der Waals surface area contributed by atoms with Gasteiger partial charge in [-0.05, 0) is 15.4 Å². The maximum atomic E-state index is 15.9. The molecule has 2 aromatic rings. The first-order chi connectivity index (χ1) is 8.46. The van der Waals surface area contributed by atoms with Crippen molar-refractivity contribution in [2.75, 3.05) is 0 Å².